The van der Waals surface area contributed by atoms with Gasteiger partial charge in [-0.2, -0.15) is 9.59 Å². The molecule has 10 heteroatoms. The van der Waals surface area contributed by atoms with Gasteiger partial charge in [0, 0.05) is 21.6 Å². The topological polar surface area (TPSA) is 102 Å². The number of hydrogen-bond donors (Lipinski definition) is 1. The Balaban J connectivity index is 0.000000292. The number of amides is 1. The van der Waals surface area contributed by atoms with Crippen molar-refractivity contribution in [2.45, 2.75) is 74.1 Å². The molecule has 0 aliphatic rings. The molecule has 0 radical (unpaired) electrons. The zero-order valence-electron chi connectivity index (χ0n) is 23.1. The quantitative estimate of drug-likeness (QED) is 0.261. The summed E-state index contributed by atoms with van der Waals surface area (Å²) < 4.78 is 0. The highest BCUT2D eigenvalue weighted by Crippen LogP contribution is 2.20. The van der Waals surface area contributed by atoms with Crippen LogP contribution in [0.25, 0.3) is 0 Å². The van der Waals surface area contributed by atoms with Crippen LogP contribution >= 0.6 is 34.0 Å². The third-order valence-corrected chi connectivity index (χ3v) is 8.77. The summed E-state index contributed by atoms with van der Waals surface area (Å²) in [5.74, 6) is -0.0779. The Bertz CT molecular complexity index is 1270. The molecule has 3 heterocycles. The second-order valence-electron chi connectivity index (χ2n) is 7.84. The van der Waals surface area contributed by atoms with Crippen molar-refractivity contribution in [1.29, 1.82) is 0 Å². The lowest BCUT2D eigenvalue weighted by molar-refractivity contribution is -0.191. The Morgan fingerprint density at radius 3 is 1.74 bits per heavy atom. The van der Waals surface area contributed by atoms with E-state index in [2.05, 4.69) is 53.3 Å². The largest absolute Gasteiger partial charge is 0.373 e. The van der Waals surface area contributed by atoms with Gasteiger partial charge in [0.25, 0.3) is 5.91 Å². The van der Waals surface area contributed by atoms with Crippen molar-refractivity contribution < 1.29 is 14.4 Å². The Kier molecular flexibility index (Phi) is 15.8. The van der Waals surface area contributed by atoms with E-state index in [4.69, 9.17) is 9.59 Å². The van der Waals surface area contributed by atoms with E-state index in [-0.39, 0.29) is 12.1 Å². The van der Waals surface area contributed by atoms with E-state index in [0.717, 1.165) is 47.8 Å². The number of nitrogens with zero attached hydrogens (tertiary/aromatic N) is 3. The average molecular weight is 573 g/mol. The maximum absolute atomic E-state index is 12.0. The van der Waals surface area contributed by atoms with Gasteiger partial charge in [0.2, 0.25) is 0 Å². The minimum Gasteiger partial charge on any atom is -0.321 e. The van der Waals surface area contributed by atoms with Crippen molar-refractivity contribution in [2.24, 2.45) is 0 Å². The molecule has 1 aromatic carbocycles. The highest BCUT2D eigenvalue weighted by molar-refractivity contribution is 7.14. The molecule has 0 saturated heterocycles. The van der Waals surface area contributed by atoms with Crippen LogP contribution in [-0.4, -0.2) is 27.0 Å². The van der Waals surface area contributed by atoms with Crippen molar-refractivity contribution >= 4 is 51.8 Å². The lowest BCUT2D eigenvalue weighted by Crippen LogP contribution is -2.11. The van der Waals surface area contributed by atoms with Crippen LogP contribution in [0.15, 0.2) is 35.7 Å². The van der Waals surface area contributed by atoms with Gasteiger partial charge in [-0.3, -0.25) is 4.79 Å². The van der Waals surface area contributed by atoms with Crippen molar-refractivity contribution in [3.8, 4) is 0 Å². The van der Waals surface area contributed by atoms with Gasteiger partial charge in [-0.25, -0.2) is 15.0 Å². The number of carbonyl (C=O) groups excluding carboxylic acids is 3. The van der Waals surface area contributed by atoms with Crippen LogP contribution in [0.3, 0.4) is 0 Å². The predicted octanol–water partition coefficient (Wildman–Crippen LogP) is 7.27. The van der Waals surface area contributed by atoms with Crippen molar-refractivity contribution in [3.05, 3.63) is 77.6 Å². The SMILES string of the molecule is CCc1nc(C)c(C(=O)Nc2ccccc2)s1.CCc1nc(C)c(CC)s1.CCc1nc(C)cs1.O=C=O. The minimum atomic E-state index is -0.0779. The fourth-order valence-corrected chi connectivity index (χ4v) is 5.63. The van der Waals surface area contributed by atoms with E-state index in [1.165, 1.54) is 31.9 Å². The second kappa shape index (κ2) is 18.3. The third-order valence-electron chi connectivity index (χ3n) is 4.91. The Hall–Kier alpha value is -3.04. The van der Waals surface area contributed by atoms with E-state index >= 15 is 0 Å². The first-order chi connectivity index (χ1) is 18.2. The van der Waals surface area contributed by atoms with Crippen LogP contribution in [-0.2, 0) is 35.3 Å². The molecule has 0 bridgehead atoms. The summed E-state index contributed by atoms with van der Waals surface area (Å²) in [6.07, 6.45) is 4.39. The van der Waals surface area contributed by atoms with Crippen LogP contribution in [0.1, 0.15) is 74.3 Å². The van der Waals surface area contributed by atoms with Crippen LogP contribution in [0.5, 0.6) is 0 Å². The number of nitrogens with one attached hydrogen (secondary N) is 1. The van der Waals surface area contributed by atoms with E-state index in [1.54, 1.807) is 11.3 Å². The number of rotatable bonds is 6. The summed E-state index contributed by atoms with van der Waals surface area (Å²) in [5.41, 5.74) is 3.99. The molecule has 1 amide bonds. The number of thiazole rings is 3. The normalized spacial score (nSPS) is 9.55. The highest BCUT2D eigenvalue weighted by Gasteiger charge is 2.14. The van der Waals surface area contributed by atoms with Gasteiger partial charge in [0.05, 0.1) is 26.4 Å². The third kappa shape index (κ3) is 11.6. The number of anilines is 1. The summed E-state index contributed by atoms with van der Waals surface area (Å²) >= 11 is 5.05. The molecular formula is C28H36N4O3S3. The summed E-state index contributed by atoms with van der Waals surface area (Å²) in [5, 5.41) is 8.46. The Morgan fingerprint density at radius 1 is 0.789 bits per heavy atom. The fourth-order valence-electron chi connectivity index (χ4n) is 3.06. The molecule has 0 fully saturated rings. The molecule has 0 aliphatic carbocycles. The maximum atomic E-state index is 12.0. The first-order valence-corrected chi connectivity index (χ1v) is 14.9. The molecule has 0 aliphatic heterocycles. The van der Waals surface area contributed by atoms with Crippen molar-refractivity contribution in [1.82, 2.24) is 15.0 Å². The number of hydrogen-bond acceptors (Lipinski definition) is 9. The molecule has 7 nitrogen and oxygen atoms in total. The molecule has 0 saturated carbocycles. The van der Waals surface area contributed by atoms with Crippen LogP contribution < -0.4 is 5.32 Å². The van der Waals surface area contributed by atoms with Crippen LogP contribution in [0, 0.1) is 20.8 Å². The molecule has 0 atom stereocenters. The van der Waals surface area contributed by atoms with E-state index < -0.39 is 0 Å². The lowest BCUT2D eigenvalue weighted by atomic mass is 10.3. The molecular weight excluding hydrogens is 537 g/mol. The minimum absolute atomic E-state index is 0.0779. The average Bonchev–Trinajstić information content (AvgIpc) is 3.63. The molecule has 4 rings (SSSR count). The fraction of sp³-hybridized carbons (Fsp3) is 0.393. The number of aryl methyl sites for hydroxylation is 7. The van der Waals surface area contributed by atoms with E-state index in [1.807, 2.05) is 62.4 Å². The number of aromatic nitrogens is 3. The van der Waals surface area contributed by atoms with Crippen LogP contribution in [0.4, 0.5) is 5.69 Å². The van der Waals surface area contributed by atoms with Gasteiger partial charge in [-0.05, 0) is 58.6 Å². The van der Waals surface area contributed by atoms with E-state index in [9.17, 15) is 4.79 Å². The molecule has 1 N–H and O–H groups in total. The molecule has 0 unspecified atom stereocenters. The van der Waals surface area contributed by atoms with Crippen LogP contribution in [0.2, 0.25) is 0 Å². The number of carbonyl (C=O) groups is 1. The Labute approximate surface area is 237 Å². The maximum Gasteiger partial charge on any atom is 0.373 e. The Morgan fingerprint density at radius 2 is 1.34 bits per heavy atom. The smallest absolute Gasteiger partial charge is 0.321 e. The molecule has 0 spiro atoms. The van der Waals surface area contributed by atoms with Gasteiger partial charge in [-0.15, -0.1) is 34.0 Å². The first-order valence-electron chi connectivity index (χ1n) is 12.4. The summed E-state index contributed by atoms with van der Waals surface area (Å²) in [7, 11) is 0. The zero-order chi connectivity index (χ0) is 28.5. The van der Waals surface area contributed by atoms with Gasteiger partial charge in [0.15, 0.2) is 0 Å². The monoisotopic (exact) mass is 572 g/mol. The number of para-hydroxylation sites is 1. The van der Waals surface area contributed by atoms with Crippen molar-refractivity contribution in [3.63, 3.8) is 0 Å². The molecule has 3 aromatic heterocycles. The lowest BCUT2D eigenvalue weighted by Gasteiger charge is -2.02. The summed E-state index contributed by atoms with van der Waals surface area (Å²) in [4.78, 5) is 43.4. The standard InChI is InChI=1S/C13H14N2OS.C8H13NS.C6H9NS.CO2/c1-3-11-14-9(2)12(17-11)13(16)15-10-7-5-4-6-8-10;1-4-7-6(3)9-8(5-2)10-7;1-3-6-7-5(2)4-8-6;2-1-3/h4-8H,3H2,1-2H3,(H,15,16);4-5H2,1-3H3;4H,3H2,1-2H3;. The number of benzene rings is 1. The molecule has 4 aromatic rings. The van der Waals surface area contributed by atoms with Gasteiger partial charge in [0.1, 0.15) is 4.88 Å². The zero-order valence-corrected chi connectivity index (χ0v) is 25.5. The van der Waals surface area contributed by atoms with E-state index in [0.29, 0.717) is 4.88 Å². The molecule has 204 valence electrons. The van der Waals surface area contributed by atoms with Gasteiger partial charge >= 0.3 is 6.15 Å². The first kappa shape index (κ1) is 33.0. The van der Waals surface area contributed by atoms with Gasteiger partial charge in [-0.1, -0.05) is 45.9 Å². The molecule has 38 heavy (non-hydrogen) atoms. The van der Waals surface area contributed by atoms with Gasteiger partial charge < -0.3 is 5.32 Å². The highest BCUT2D eigenvalue weighted by atomic mass is 32.1. The summed E-state index contributed by atoms with van der Waals surface area (Å²) in [6, 6.07) is 9.45. The predicted molar refractivity (Wildman–Crippen MR) is 157 cm³/mol. The van der Waals surface area contributed by atoms with Crippen molar-refractivity contribution in [2.75, 3.05) is 5.32 Å². The summed E-state index contributed by atoms with van der Waals surface area (Å²) in [6.45, 7) is 14.5. The second-order valence-corrected chi connectivity index (χ2v) is 11.0.